The molecule has 0 aromatic carbocycles. The van der Waals surface area contributed by atoms with Gasteiger partial charge in [-0.2, -0.15) is 0 Å². The predicted octanol–water partition coefficient (Wildman–Crippen LogP) is 1.73. The van der Waals surface area contributed by atoms with Crippen LogP contribution in [0.3, 0.4) is 0 Å². The summed E-state index contributed by atoms with van der Waals surface area (Å²) in [6, 6.07) is 0. The Morgan fingerprint density at radius 3 is 2.93 bits per heavy atom. The molecule has 0 saturated heterocycles. The molecule has 4 nitrogen and oxygen atoms in total. The predicted molar refractivity (Wildman–Crippen MR) is 54.8 cm³/mol. The summed E-state index contributed by atoms with van der Waals surface area (Å²) >= 11 is 2.68. The van der Waals surface area contributed by atoms with E-state index < -0.39 is 0 Å². The molecule has 0 aliphatic rings. The number of aryl methyl sites for hydroxylation is 1. The maximum Gasteiger partial charge on any atom is 0.190 e. The number of hydrogen-bond acceptors (Lipinski definition) is 6. The van der Waals surface area contributed by atoms with E-state index in [0.29, 0.717) is 12.1 Å². The standard InChI is InChI=1S/C8H7N3OS2/c1-5-3-13-8(9-5)2-7(12)6-4-14-11-10-6/h3-4H,2H2,1H3. The first-order chi connectivity index (χ1) is 6.75. The minimum absolute atomic E-state index is 0.0203. The van der Waals surface area contributed by atoms with Gasteiger partial charge in [0.25, 0.3) is 0 Å². The Labute approximate surface area is 88.8 Å². The number of aromatic nitrogens is 3. The van der Waals surface area contributed by atoms with Crippen LogP contribution < -0.4 is 0 Å². The summed E-state index contributed by atoms with van der Waals surface area (Å²) in [6.45, 7) is 1.91. The molecule has 2 heterocycles. The third-order valence-corrected chi connectivity index (χ3v) is 3.10. The average molecular weight is 225 g/mol. The van der Waals surface area contributed by atoms with Crippen LogP contribution in [0.5, 0.6) is 0 Å². The summed E-state index contributed by atoms with van der Waals surface area (Å²) in [7, 11) is 0. The fourth-order valence-electron chi connectivity index (χ4n) is 0.998. The molecule has 0 aliphatic carbocycles. The highest BCUT2D eigenvalue weighted by Crippen LogP contribution is 2.11. The second-order valence-corrected chi connectivity index (χ2v) is 4.33. The molecule has 0 N–H and O–H groups in total. The summed E-state index contributed by atoms with van der Waals surface area (Å²) in [4.78, 5) is 15.8. The first-order valence-corrected chi connectivity index (χ1v) is 5.68. The van der Waals surface area contributed by atoms with Crippen LogP contribution in [0.4, 0.5) is 0 Å². The number of Topliss-reactive ketones (excluding diaryl/α,β-unsaturated/α-hetero) is 1. The van der Waals surface area contributed by atoms with Gasteiger partial charge >= 0.3 is 0 Å². The number of thiazole rings is 1. The van der Waals surface area contributed by atoms with Gasteiger partial charge in [-0.25, -0.2) is 4.98 Å². The van der Waals surface area contributed by atoms with E-state index >= 15 is 0 Å². The highest BCUT2D eigenvalue weighted by atomic mass is 32.1. The zero-order valence-corrected chi connectivity index (χ0v) is 9.06. The highest BCUT2D eigenvalue weighted by molar-refractivity contribution is 7.09. The summed E-state index contributed by atoms with van der Waals surface area (Å²) in [5.41, 5.74) is 1.39. The van der Waals surface area contributed by atoms with Crippen molar-refractivity contribution in [3.63, 3.8) is 0 Å². The number of ketones is 1. The molecule has 0 radical (unpaired) electrons. The van der Waals surface area contributed by atoms with Gasteiger partial charge < -0.3 is 0 Å². The monoisotopic (exact) mass is 225 g/mol. The summed E-state index contributed by atoms with van der Waals surface area (Å²) in [6.07, 6.45) is 0.323. The molecule has 6 heteroatoms. The van der Waals surface area contributed by atoms with Gasteiger partial charge in [-0.3, -0.25) is 4.79 Å². The van der Waals surface area contributed by atoms with E-state index in [4.69, 9.17) is 0 Å². The zero-order chi connectivity index (χ0) is 9.97. The highest BCUT2D eigenvalue weighted by Gasteiger charge is 2.11. The van der Waals surface area contributed by atoms with Crippen LogP contribution in [0.1, 0.15) is 21.2 Å². The molecule has 0 aliphatic heterocycles. The number of carbonyl (C=O) groups excluding carboxylic acids is 1. The van der Waals surface area contributed by atoms with Crippen LogP contribution >= 0.6 is 22.9 Å². The van der Waals surface area contributed by atoms with Gasteiger partial charge in [0.2, 0.25) is 0 Å². The van der Waals surface area contributed by atoms with Crippen LogP contribution in [0, 0.1) is 6.92 Å². The number of hydrogen-bond donors (Lipinski definition) is 0. The third-order valence-electron chi connectivity index (χ3n) is 1.62. The van der Waals surface area contributed by atoms with Gasteiger partial charge in [0.05, 0.1) is 6.42 Å². The molecule has 14 heavy (non-hydrogen) atoms. The van der Waals surface area contributed by atoms with Crippen molar-refractivity contribution in [2.75, 3.05) is 0 Å². The van der Waals surface area contributed by atoms with Crippen LogP contribution in [0.25, 0.3) is 0 Å². The lowest BCUT2D eigenvalue weighted by molar-refractivity contribution is 0.0988. The van der Waals surface area contributed by atoms with E-state index in [1.807, 2.05) is 12.3 Å². The quantitative estimate of drug-likeness (QED) is 0.746. The normalized spacial score (nSPS) is 10.4. The lowest BCUT2D eigenvalue weighted by Crippen LogP contribution is -2.03. The summed E-state index contributed by atoms with van der Waals surface area (Å²) < 4.78 is 3.64. The van der Waals surface area contributed by atoms with Crippen molar-refractivity contribution in [2.24, 2.45) is 0 Å². The van der Waals surface area contributed by atoms with Crippen LogP contribution in [0.15, 0.2) is 10.8 Å². The molecule has 2 aromatic rings. The van der Waals surface area contributed by atoms with Crippen molar-refractivity contribution in [3.8, 4) is 0 Å². The van der Waals surface area contributed by atoms with Crippen LogP contribution in [0.2, 0.25) is 0 Å². The molecule has 0 spiro atoms. The smallest absolute Gasteiger partial charge is 0.190 e. The fraction of sp³-hybridized carbons (Fsp3) is 0.250. The molecule has 2 rings (SSSR count). The van der Waals surface area contributed by atoms with Crippen molar-refractivity contribution < 1.29 is 4.79 Å². The van der Waals surface area contributed by atoms with E-state index in [0.717, 1.165) is 10.7 Å². The maximum absolute atomic E-state index is 11.6. The lowest BCUT2D eigenvalue weighted by Gasteiger charge is -1.91. The summed E-state index contributed by atoms with van der Waals surface area (Å²) in [5.74, 6) is -0.0203. The fourth-order valence-corrected chi connectivity index (χ4v) is 2.23. The largest absolute Gasteiger partial charge is 0.292 e. The number of nitrogens with zero attached hydrogens (tertiary/aromatic N) is 3. The topological polar surface area (TPSA) is 55.7 Å². The Hall–Kier alpha value is -1.14. The lowest BCUT2D eigenvalue weighted by atomic mass is 10.2. The molecule has 0 atom stereocenters. The minimum Gasteiger partial charge on any atom is -0.292 e. The molecule has 0 fully saturated rings. The number of carbonyl (C=O) groups is 1. The molecular weight excluding hydrogens is 218 g/mol. The van der Waals surface area contributed by atoms with Gasteiger partial charge in [-0.1, -0.05) is 4.49 Å². The maximum atomic E-state index is 11.6. The Morgan fingerprint density at radius 2 is 2.36 bits per heavy atom. The molecule has 72 valence electrons. The second-order valence-electron chi connectivity index (χ2n) is 2.77. The van der Waals surface area contributed by atoms with Gasteiger partial charge in [0, 0.05) is 16.5 Å². The number of rotatable bonds is 3. The van der Waals surface area contributed by atoms with Crippen molar-refractivity contribution >= 4 is 28.7 Å². The molecule has 0 unspecified atom stereocenters. The minimum atomic E-state index is -0.0203. The van der Waals surface area contributed by atoms with Gasteiger partial charge in [-0.05, 0) is 18.5 Å². The Bertz CT molecular complexity index is 435. The van der Waals surface area contributed by atoms with Crippen LogP contribution in [-0.2, 0) is 6.42 Å². The van der Waals surface area contributed by atoms with Crippen molar-refractivity contribution in [3.05, 3.63) is 27.2 Å². The van der Waals surface area contributed by atoms with E-state index in [9.17, 15) is 4.79 Å². The van der Waals surface area contributed by atoms with E-state index in [-0.39, 0.29) is 5.78 Å². The SMILES string of the molecule is Cc1csc(CC(=O)c2csnn2)n1. The third kappa shape index (κ3) is 2.02. The second kappa shape index (κ2) is 3.93. The van der Waals surface area contributed by atoms with E-state index in [1.165, 1.54) is 22.9 Å². The van der Waals surface area contributed by atoms with Crippen LogP contribution in [-0.4, -0.2) is 20.4 Å². The molecule has 2 aromatic heterocycles. The van der Waals surface area contributed by atoms with Crippen molar-refractivity contribution in [1.82, 2.24) is 14.6 Å². The first-order valence-electron chi connectivity index (χ1n) is 3.97. The van der Waals surface area contributed by atoms with Crippen molar-refractivity contribution in [2.45, 2.75) is 13.3 Å². The Balaban J connectivity index is 2.09. The average Bonchev–Trinajstić information content (AvgIpc) is 2.75. The molecule has 0 bridgehead atoms. The summed E-state index contributed by atoms with van der Waals surface area (Å²) in [5, 5.41) is 8.14. The zero-order valence-electron chi connectivity index (χ0n) is 7.43. The Morgan fingerprint density at radius 1 is 1.50 bits per heavy atom. The van der Waals surface area contributed by atoms with Crippen molar-refractivity contribution in [1.29, 1.82) is 0 Å². The van der Waals surface area contributed by atoms with Gasteiger partial charge in [0.15, 0.2) is 5.78 Å². The molecule has 0 amide bonds. The van der Waals surface area contributed by atoms with E-state index in [2.05, 4.69) is 14.6 Å². The Kier molecular flexibility index (Phi) is 2.64. The first kappa shape index (κ1) is 9.42. The van der Waals surface area contributed by atoms with E-state index in [1.54, 1.807) is 5.38 Å². The molecular formula is C8H7N3OS2. The van der Waals surface area contributed by atoms with Gasteiger partial charge in [-0.15, -0.1) is 16.4 Å². The molecule has 0 saturated carbocycles. The van der Waals surface area contributed by atoms with Gasteiger partial charge in [0.1, 0.15) is 10.7 Å².